The van der Waals surface area contributed by atoms with Crippen LogP contribution in [-0.4, -0.2) is 35.0 Å². The number of ether oxygens (including phenoxy) is 1. The summed E-state index contributed by atoms with van der Waals surface area (Å²) in [6.45, 7) is 6.94. The van der Waals surface area contributed by atoms with Gasteiger partial charge in [0.2, 0.25) is 5.88 Å². The molecule has 0 aliphatic carbocycles. The molecule has 7 heteroatoms. The lowest BCUT2D eigenvalue weighted by Gasteiger charge is -2.38. The molecule has 2 aromatic rings. The van der Waals surface area contributed by atoms with Crippen LogP contribution in [-0.2, 0) is 11.6 Å². The van der Waals surface area contributed by atoms with E-state index in [0.29, 0.717) is 18.7 Å². The zero-order valence-corrected chi connectivity index (χ0v) is 15.4. The molecule has 1 aliphatic rings. The molecule has 0 bridgehead atoms. The van der Waals surface area contributed by atoms with E-state index in [1.807, 2.05) is 12.1 Å². The average molecular weight is 378 g/mol. The molecular weight excluding hydrogens is 357 g/mol. The highest BCUT2D eigenvalue weighted by Gasteiger charge is 2.35. The molecule has 0 radical (unpaired) electrons. The number of alkyl halides is 3. The molecule has 144 valence electrons. The summed E-state index contributed by atoms with van der Waals surface area (Å²) in [4.78, 5) is 17.9. The number of amides is 1. The highest BCUT2D eigenvalue weighted by atomic mass is 19.4. The van der Waals surface area contributed by atoms with E-state index in [0.717, 1.165) is 23.9 Å². The monoisotopic (exact) mass is 378 g/mol. The predicted octanol–water partition coefficient (Wildman–Crippen LogP) is 4.30. The van der Waals surface area contributed by atoms with Crippen molar-refractivity contribution in [3.63, 3.8) is 0 Å². The Kier molecular flexibility index (Phi) is 4.88. The van der Waals surface area contributed by atoms with Gasteiger partial charge in [0, 0.05) is 17.8 Å². The molecule has 1 saturated heterocycles. The molecule has 0 spiro atoms. The first-order valence-corrected chi connectivity index (χ1v) is 8.64. The van der Waals surface area contributed by atoms with Crippen molar-refractivity contribution < 1.29 is 22.7 Å². The normalized spacial score (nSPS) is 15.4. The molecule has 0 atom stereocenters. The van der Waals surface area contributed by atoms with Crippen LogP contribution in [0.3, 0.4) is 0 Å². The quantitative estimate of drug-likeness (QED) is 0.800. The van der Waals surface area contributed by atoms with Gasteiger partial charge < -0.3 is 9.64 Å². The van der Waals surface area contributed by atoms with E-state index >= 15 is 0 Å². The molecule has 1 aliphatic heterocycles. The Labute approximate surface area is 156 Å². The van der Waals surface area contributed by atoms with Crippen LogP contribution in [0.4, 0.5) is 13.2 Å². The third-order valence-electron chi connectivity index (χ3n) is 4.48. The lowest BCUT2D eigenvalue weighted by atomic mass is 9.86. The maximum absolute atomic E-state index is 12.7. The second kappa shape index (κ2) is 6.87. The number of carbonyl (C=O) groups excluding carboxylic acids is 1. The van der Waals surface area contributed by atoms with E-state index in [2.05, 4.69) is 25.8 Å². The Morgan fingerprint density at radius 1 is 1.07 bits per heavy atom. The molecular formula is C20H21F3N2O2. The predicted molar refractivity (Wildman–Crippen MR) is 94.7 cm³/mol. The summed E-state index contributed by atoms with van der Waals surface area (Å²) in [5.74, 6) is -0.205. The van der Waals surface area contributed by atoms with Crippen molar-refractivity contribution in [2.24, 2.45) is 0 Å². The van der Waals surface area contributed by atoms with Gasteiger partial charge in [0.05, 0.1) is 18.7 Å². The highest BCUT2D eigenvalue weighted by Crippen LogP contribution is 2.31. The summed E-state index contributed by atoms with van der Waals surface area (Å²) in [6.07, 6.45) is -3.74. The first kappa shape index (κ1) is 19.2. The van der Waals surface area contributed by atoms with E-state index in [4.69, 9.17) is 4.74 Å². The topological polar surface area (TPSA) is 42.4 Å². The molecule has 0 N–H and O–H groups in total. The second-order valence-corrected chi connectivity index (χ2v) is 7.66. The van der Waals surface area contributed by atoms with Gasteiger partial charge in [-0.05, 0) is 29.2 Å². The van der Waals surface area contributed by atoms with Crippen molar-refractivity contribution in [3.05, 3.63) is 59.3 Å². The molecule has 27 heavy (non-hydrogen) atoms. The van der Waals surface area contributed by atoms with Gasteiger partial charge in [-0.1, -0.05) is 32.9 Å². The fourth-order valence-corrected chi connectivity index (χ4v) is 2.79. The van der Waals surface area contributed by atoms with Crippen LogP contribution in [0.25, 0.3) is 0 Å². The van der Waals surface area contributed by atoms with Gasteiger partial charge in [-0.3, -0.25) is 4.79 Å². The Balaban J connectivity index is 1.57. The Bertz CT molecular complexity index is 820. The summed E-state index contributed by atoms with van der Waals surface area (Å²) in [7, 11) is 0. The minimum Gasteiger partial charge on any atom is -0.471 e. The molecule has 1 fully saturated rings. The summed E-state index contributed by atoms with van der Waals surface area (Å²) in [6, 6.07) is 9.23. The molecule has 1 amide bonds. The molecule has 1 aromatic carbocycles. The van der Waals surface area contributed by atoms with Crippen molar-refractivity contribution in [1.29, 1.82) is 0 Å². The van der Waals surface area contributed by atoms with Gasteiger partial charge in [0.25, 0.3) is 5.91 Å². The minimum absolute atomic E-state index is 0.00915. The molecule has 0 unspecified atom stereocenters. The number of hydrogen-bond acceptors (Lipinski definition) is 3. The number of halogens is 3. The zero-order chi connectivity index (χ0) is 19.8. The number of benzene rings is 1. The maximum atomic E-state index is 12.7. The van der Waals surface area contributed by atoms with Crippen molar-refractivity contribution in [2.75, 3.05) is 13.1 Å². The van der Waals surface area contributed by atoms with Gasteiger partial charge in [-0.25, -0.2) is 4.98 Å². The van der Waals surface area contributed by atoms with Gasteiger partial charge in [-0.15, -0.1) is 0 Å². The van der Waals surface area contributed by atoms with E-state index < -0.39 is 11.7 Å². The first-order valence-electron chi connectivity index (χ1n) is 8.64. The van der Waals surface area contributed by atoms with Crippen LogP contribution in [0.2, 0.25) is 0 Å². The fourth-order valence-electron chi connectivity index (χ4n) is 2.79. The molecule has 1 aromatic heterocycles. The summed E-state index contributed by atoms with van der Waals surface area (Å²) in [5.41, 5.74) is 0.923. The second-order valence-electron chi connectivity index (χ2n) is 7.66. The Morgan fingerprint density at radius 2 is 1.70 bits per heavy atom. The van der Waals surface area contributed by atoms with Crippen LogP contribution >= 0.6 is 0 Å². The smallest absolute Gasteiger partial charge is 0.416 e. The first-order chi connectivity index (χ1) is 12.5. The zero-order valence-electron chi connectivity index (χ0n) is 15.4. The SMILES string of the molecule is CC(C)(C)c1ccc(C(=O)N2CC(Oc3cc(C(F)(F)F)ccn3)C2)cc1. The van der Waals surface area contributed by atoms with E-state index in [1.165, 1.54) is 0 Å². The largest absolute Gasteiger partial charge is 0.471 e. The standard InChI is InChI=1S/C20H21F3N2O2/c1-19(2,3)14-6-4-13(5-7-14)18(26)25-11-16(12-25)27-17-10-15(8-9-24-17)20(21,22)23/h4-10,16H,11-12H2,1-3H3. The van der Waals surface area contributed by atoms with E-state index in [-0.39, 0.29) is 23.3 Å². The number of rotatable bonds is 3. The van der Waals surface area contributed by atoms with Crippen molar-refractivity contribution in [3.8, 4) is 5.88 Å². The number of likely N-dealkylation sites (tertiary alicyclic amines) is 1. The van der Waals surface area contributed by atoms with E-state index in [1.54, 1.807) is 17.0 Å². The number of nitrogens with zero attached hydrogens (tertiary/aromatic N) is 2. The summed E-state index contributed by atoms with van der Waals surface area (Å²) in [5, 5.41) is 0. The number of carbonyl (C=O) groups is 1. The van der Waals surface area contributed by atoms with Gasteiger partial charge in [0.1, 0.15) is 6.10 Å². The molecule has 0 saturated carbocycles. The van der Waals surface area contributed by atoms with Crippen molar-refractivity contribution >= 4 is 5.91 Å². The van der Waals surface area contributed by atoms with Gasteiger partial charge in [0.15, 0.2) is 0 Å². The van der Waals surface area contributed by atoms with Crippen LogP contribution in [0.5, 0.6) is 5.88 Å². The fraction of sp³-hybridized carbons (Fsp3) is 0.400. The van der Waals surface area contributed by atoms with Gasteiger partial charge >= 0.3 is 6.18 Å². The van der Waals surface area contributed by atoms with Crippen LogP contribution in [0, 0.1) is 0 Å². The molecule has 3 rings (SSSR count). The summed E-state index contributed by atoms with van der Waals surface area (Å²) >= 11 is 0. The van der Waals surface area contributed by atoms with Crippen LogP contribution < -0.4 is 4.74 Å². The minimum atomic E-state index is -4.44. The summed E-state index contributed by atoms with van der Waals surface area (Å²) < 4.78 is 43.6. The number of aromatic nitrogens is 1. The molecule has 2 heterocycles. The van der Waals surface area contributed by atoms with Crippen molar-refractivity contribution in [1.82, 2.24) is 9.88 Å². The lowest BCUT2D eigenvalue weighted by Crippen LogP contribution is -2.56. The Morgan fingerprint density at radius 3 is 2.26 bits per heavy atom. The third-order valence-corrected chi connectivity index (χ3v) is 4.48. The van der Waals surface area contributed by atoms with Crippen molar-refractivity contribution in [2.45, 2.75) is 38.5 Å². The number of pyridine rings is 1. The third kappa shape index (κ3) is 4.40. The maximum Gasteiger partial charge on any atom is 0.416 e. The van der Waals surface area contributed by atoms with E-state index in [9.17, 15) is 18.0 Å². The van der Waals surface area contributed by atoms with Crippen LogP contribution in [0.1, 0.15) is 42.3 Å². The Hall–Kier alpha value is -2.57. The van der Waals surface area contributed by atoms with Crippen LogP contribution in [0.15, 0.2) is 42.6 Å². The van der Waals surface area contributed by atoms with Gasteiger partial charge in [-0.2, -0.15) is 13.2 Å². The number of hydrogen-bond donors (Lipinski definition) is 0. The highest BCUT2D eigenvalue weighted by molar-refractivity contribution is 5.94. The molecule has 4 nitrogen and oxygen atoms in total. The average Bonchev–Trinajstić information content (AvgIpc) is 2.56. The lowest BCUT2D eigenvalue weighted by molar-refractivity contribution is -0.137.